The minimum atomic E-state index is -1.96. The van der Waals surface area contributed by atoms with Crippen LogP contribution in [-0.4, -0.2) is 27.4 Å². The average molecular weight is 273 g/mol. The number of benzene rings is 1. The standard InChI is InChI=1S/C11H9ClO4S/c12-11(10(14)15)8(6-9(13)16-11)17-7-4-2-1-3-5-7/h1-5,8H,6H2,(H,14,15). The lowest BCUT2D eigenvalue weighted by Crippen LogP contribution is -2.40. The molecule has 2 unspecified atom stereocenters. The smallest absolute Gasteiger partial charge is 0.365 e. The molecule has 1 aliphatic heterocycles. The number of rotatable bonds is 3. The summed E-state index contributed by atoms with van der Waals surface area (Å²) in [6.07, 6.45) is -0.00460. The molecule has 17 heavy (non-hydrogen) atoms. The van der Waals surface area contributed by atoms with E-state index < -0.39 is 22.2 Å². The predicted molar refractivity (Wildman–Crippen MR) is 63.0 cm³/mol. The van der Waals surface area contributed by atoms with Crippen LogP contribution in [0.4, 0.5) is 0 Å². The van der Waals surface area contributed by atoms with Gasteiger partial charge in [0, 0.05) is 4.90 Å². The molecule has 1 aromatic rings. The molecule has 90 valence electrons. The van der Waals surface area contributed by atoms with Crippen LogP contribution >= 0.6 is 23.4 Å². The van der Waals surface area contributed by atoms with Crippen LogP contribution in [0.25, 0.3) is 0 Å². The summed E-state index contributed by atoms with van der Waals surface area (Å²) >= 11 is 7.08. The van der Waals surface area contributed by atoms with Crippen LogP contribution in [0.2, 0.25) is 0 Å². The first kappa shape index (κ1) is 12.3. The van der Waals surface area contributed by atoms with E-state index in [0.29, 0.717) is 0 Å². The molecule has 4 nitrogen and oxygen atoms in total. The van der Waals surface area contributed by atoms with Gasteiger partial charge in [-0.2, -0.15) is 0 Å². The van der Waals surface area contributed by atoms with Crippen LogP contribution in [0.3, 0.4) is 0 Å². The summed E-state index contributed by atoms with van der Waals surface area (Å²) in [5.74, 6) is -1.92. The lowest BCUT2D eigenvalue weighted by Gasteiger charge is -2.21. The quantitative estimate of drug-likeness (QED) is 0.674. The van der Waals surface area contributed by atoms with E-state index in [-0.39, 0.29) is 6.42 Å². The second-order valence-corrected chi connectivity index (χ2v) is 5.39. The number of aliphatic carboxylic acids is 1. The third-order valence-corrected chi connectivity index (χ3v) is 4.30. The number of cyclic esters (lactones) is 1. The number of esters is 1. The van der Waals surface area contributed by atoms with Gasteiger partial charge in [-0.25, -0.2) is 4.79 Å². The van der Waals surface area contributed by atoms with Crippen molar-refractivity contribution in [2.75, 3.05) is 0 Å². The number of hydrogen-bond donors (Lipinski definition) is 1. The van der Waals surface area contributed by atoms with E-state index in [1.54, 1.807) is 0 Å². The molecule has 0 spiro atoms. The number of ether oxygens (including phenoxy) is 1. The van der Waals surface area contributed by atoms with Crippen LogP contribution in [-0.2, 0) is 14.3 Å². The first-order valence-electron chi connectivity index (χ1n) is 4.88. The van der Waals surface area contributed by atoms with E-state index in [1.165, 1.54) is 11.8 Å². The van der Waals surface area contributed by atoms with E-state index in [4.69, 9.17) is 21.4 Å². The van der Waals surface area contributed by atoms with Crippen LogP contribution in [0.15, 0.2) is 35.2 Å². The highest BCUT2D eigenvalue weighted by atomic mass is 35.5. The fraction of sp³-hybridized carbons (Fsp3) is 0.273. The zero-order valence-electron chi connectivity index (χ0n) is 8.63. The van der Waals surface area contributed by atoms with Crippen molar-refractivity contribution in [2.24, 2.45) is 0 Å². The van der Waals surface area contributed by atoms with Crippen molar-refractivity contribution >= 4 is 35.3 Å². The van der Waals surface area contributed by atoms with Crippen LogP contribution in [0.5, 0.6) is 0 Å². The van der Waals surface area contributed by atoms with Gasteiger partial charge in [0.1, 0.15) is 0 Å². The topological polar surface area (TPSA) is 63.6 Å². The van der Waals surface area contributed by atoms with Gasteiger partial charge in [-0.05, 0) is 12.1 Å². The van der Waals surface area contributed by atoms with Crippen molar-refractivity contribution in [3.8, 4) is 0 Å². The third kappa shape index (κ3) is 2.40. The normalized spacial score (nSPS) is 27.8. The Kier molecular flexibility index (Phi) is 3.31. The number of hydrogen-bond acceptors (Lipinski definition) is 4. The van der Waals surface area contributed by atoms with Crippen LogP contribution in [0, 0.1) is 0 Å². The molecule has 1 aliphatic rings. The fourth-order valence-electron chi connectivity index (χ4n) is 1.52. The molecular weight excluding hydrogens is 264 g/mol. The van der Waals surface area contributed by atoms with E-state index in [2.05, 4.69) is 0 Å². The maximum atomic E-state index is 11.2. The molecule has 0 aliphatic carbocycles. The van der Waals surface area contributed by atoms with Gasteiger partial charge in [0.15, 0.2) is 0 Å². The molecule has 0 amide bonds. The number of carboxylic acids is 1. The van der Waals surface area contributed by atoms with Gasteiger partial charge in [-0.3, -0.25) is 4.79 Å². The van der Waals surface area contributed by atoms with Gasteiger partial charge < -0.3 is 9.84 Å². The minimum Gasteiger partial charge on any atom is -0.477 e. The zero-order chi connectivity index (χ0) is 12.5. The molecule has 1 aromatic carbocycles. The van der Waals surface area contributed by atoms with Gasteiger partial charge in [0.05, 0.1) is 11.7 Å². The Labute approximate surface area is 107 Å². The largest absolute Gasteiger partial charge is 0.477 e. The van der Waals surface area contributed by atoms with Gasteiger partial charge in [0.2, 0.25) is 0 Å². The molecule has 6 heteroatoms. The van der Waals surface area contributed by atoms with E-state index >= 15 is 0 Å². The Hall–Kier alpha value is -1.20. The third-order valence-electron chi connectivity index (χ3n) is 2.34. The Bertz CT molecular complexity index is 450. The van der Waals surface area contributed by atoms with E-state index in [0.717, 1.165) is 4.90 Å². The van der Waals surface area contributed by atoms with E-state index in [9.17, 15) is 9.59 Å². The van der Waals surface area contributed by atoms with Crippen molar-refractivity contribution in [2.45, 2.75) is 21.6 Å². The summed E-state index contributed by atoms with van der Waals surface area (Å²) in [5, 5.41) is 6.43. The Morgan fingerprint density at radius 3 is 2.71 bits per heavy atom. The van der Waals surface area contributed by atoms with Crippen molar-refractivity contribution in [3.63, 3.8) is 0 Å². The molecule has 2 atom stereocenters. The number of carbonyl (C=O) groups is 2. The molecule has 2 rings (SSSR count). The second kappa shape index (κ2) is 4.58. The number of alkyl halides is 1. The highest BCUT2D eigenvalue weighted by molar-refractivity contribution is 8.00. The first-order valence-corrected chi connectivity index (χ1v) is 6.14. The highest BCUT2D eigenvalue weighted by Gasteiger charge is 2.55. The second-order valence-electron chi connectivity index (χ2n) is 3.55. The molecule has 0 aromatic heterocycles. The summed E-state index contributed by atoms with van der Waals surface area (Å²) in [4.78, 5) is 23.1. The molecule has 0 bridgehead atoms. The van der Waals surface area contributed by atoms with Crippen molar-refractivity contribution in [1.29, 1.82) is 0 Å². The average Bonchev–Trinajstić information content (AvgIpc) is 2.56. The van der Waals surface area contributed by atoms with Gasteiger partial charge in [-0.15, -0.1) is 11.8 Å². The Balaban J connectivity index is 2.20. The lowest BCUT2D eigenvalue weighted by atomic mass is 10.2. The Morgan fingerprint density at radius 2 is 2.12 bits per heavy atom. The zero-order valence-corrected chi connectivity index (χ0v) is 10.2. The summed E-state index contributed by atoms with van der Waals surface area (Å²) in [6, 6.07) is 9.16. The summed E-state index contributed by atoms with van der Waals surface area (Å²) in [7, 11) is 0. The monoisotopic (exact) mass is 272 g/mol. The summed E-state index contributed by atoms with van der Waals surface area (Å²) < 4.78 is 4.70. The number of carboxylic acid groups (broad SMARTS) is 1. The van der Waals surface area contributed by atoms with Gasteiger partial charge >= 0.3 is 11.9 Å². The lowest BCUT2D eigenvalue weighted by molar-refractivity contribution is -0.160. The maximum absolute atomic E-state index is 11.2. The van der Waals surface area contributed by atoms with Crippen LogP contribution in [0.1, 0.15) is 6.42 Å². The molecular formula is C11H9ClO4S. The van der Waals surface area contributed by atoms with Gasteiger partial charge in [-0.1, -0.05) is 29.8 Å². The van der Waals surface area contributed by atoms with Crippen molar-refractivity contribution in [3.05, 3.63) is 30.3 Å². The molecule has 1 saturated heterocycles. The fourth-order valence-corrected chi connectivity index (χ4v) is 2.98. The summed E-state index contributed by atoms with van der Waals surface area (Å²) in [5.41, 5.74) is 0. The summed E-state index contributed by atoms with van der Waals surface area (Å²) in [6.45, 7) is 0. The number of halogens is 1. The SMILES string of the molecule is O=C1CC(Sc2ccccc2)C(Cl)(C(=O)O)O1. The van der Waals surface area contributed by atoms with Crippen LogP contribution < -0.4 is 0 Å². The maximum Gasteiger partial charge on any atom is 0.365 e. The first-order chi connectivity index (χ1) is 8.02. The predicted octanol–water partition coefficient (Wildman–Crippen LogP) is 2.11. The molecule has 0 radical (unpaired) electrons. The van der Waals surface area contributed by atoms with Crippen molar-refractivity contribution < 1.29 is 19.4 Å². The van der Waals surface area contributed by atoms with Crippen molar-refractivity contribution in [1.82, 2.24) is 0 Å². The Morgan fingerprint density at radius 1 is 1.47 bits per heavy atom. The van der Waals surface area contributed by atoms with Gasteiger partial charge in [0.25, 0.3) is 5.06 Å². The van der Waals surface area contributed by atoms with E-state index in [1.807, 2.05) is 30.3 Å². The highest BCUT2D eigenvalue weighted by Crippen LogP contribution is 2.42. The molecule has 1 N–H and O–H groups in total. The minimum absolute atomic E-state index is 0.00460. The molecule has 1 heterocycles. The number of carbonyl (C=O) groups excluding carboxylic acids is 1. The molecule has 0 saturated carbocycles. The number of thioether (sulfide) groups is 1. The molecule has 1 fully saturated rings.